The number of aromatic nitrogens is 2. The van der Waals surface area contributed by atoms with Gasteiger partial charge in [0.25, 0.3) is 0 Å². The normalized spacial score (nSPS) is 15.7. The van der Waals surface area contributed by atoms with E-state index in [1.54, 1.807) is 0 Å². The van der Waals surface area contributed by atoms with Gasteiger partial charge in [-0.3, -0.25) is 4.79 Å². The fraction of sp³-hybridized carbons (Fsp3) is 0.312. The number of ketones is 1. The Balaban J connectivity index is 1.77. The number of aliphatic hydroxyl groups is 1. The molecule has 1 aliphatic carbocycles. The Kier molecular flexibility index (Phi) is 3.51. The smallest absolute Gasteiger partial charge is 0.191 e. The van der Waals surface area contributed by atoms with E-state index in [-0.39, 0.29) is 17.0 Å². The summed E-state index contributed by atoms with van der Waals surface area (Å²) in [6, 6.07) is 6.57. The van der Waals surface area contributed by atoms with Crippen molar-refractivity contribution in [3.05, 3.63) is 59.4 Å². The second-order valence-corrected chi connectivity index (χ2v) is 5.43. The first kappa shape index (κ1) is 13.8. The van der Waals surface area contributed by atoms with Crippen molar-refractivity contribution in [3.63, 3.8) is 0 Å². The van der Waals surface area contributed by atoms with E-state index in [2.05, 4.69) is 9.97 Å². The van der Waals surface area contributed by atoms with Gasteiger partial charge in [-0.1, -0.05) is 12.1 Å². The van der Waals surface area contributed by atoms with Crippen LogP contribution in [0.2, 0.25) is 0 Å². The van der Waals surface area contributed by atoms with E-state index < -0.39 is 6.61 Å². The first-order valence-corrected chi connectivity index (χ1v) is 6.84. The molecule has 0 spiro atoms. The number of aliphatic hydroxyl groups excluding tert-OH is 1. The second kappa shape index (κ2) is 5.33. The maximum absolute atomic E-state index is 13.0. The number of rotatable bonds is 5. The molecule has 0 atom stereocenters. The summed E-state index contributed by atoms with van der Waals surface area (Å²) < 4.78 is 13.0. The summed E-state index contributed by atoms with van der Waals surface area (Å²) in [5, 5.41) is 8.79. The van der Waals surface area contributed by atoms with Crippen molar-refractivity contribution < 1.29 is 14.3 Å². The van der Waals surface area contributed by atoms with Crippen molar-refractivity contribution in [1.82, 2.24) is 9.97 Å². The summed E-state index contributed by atoms with van der Waals surface area (Å²) >= 11 is 0. The zero-order chi connectivity index (χ0) is 14.9. The predicted molar refractivity (Wildman–Crippen MR) is 74.5 cm³/mol. The fourth-order valence-electron chi connectivity index (χ4n) is 2.51. The summed E-state index contributed by atoms with van der Waals surface area (Å²) in [4.78, 5) is 19.7. The van der Waals surface area contributed by atoms with Crippen molar-refractivity contribution >= 4 is 5.78 Å². The molecule has 0 bridgehead atoms. The van der Waals surface area contributed by atoms with Gasteiger partial charge in [0, 0.05) is 24.2 Å². The van der Waals surface area contributed by atoms with Crippen molar-refractivity contribution in [1.29, 1.82) is 0 Å². The van der Waals surface area contributed by atoms with E-state index in [1.165, 1.54) is 24.5 Å². The molecule has 3 rings (SSSR count). The SMILES string of the molecule is O=C(CO)c1cnc(CC2(c3ccc(F)cc3)CC2)nc1. The number of Topliss-reactive ketones (excluding diaryl/α,β-unsaturated/α-hetero) is 1. The van der Waals surface area contributed by atoms with E-state index in [0.717, 1.165) is 18.4 Å². The molecule has 0 radical (unpaired) electrons. The highest BCUT2D eigenvalue weighted by Crippen LogP contribution is 2.50. The Morgan fingerprint density at radius 3 is 2.33 bits per heavy atom. The van der Waals surface area contributed by atoms with Crippen LogP contribution in [0.1, 0.15) is 34.6 Å². The third kappa shape index (κ3) is 2.83. The molecule has 0 unspecified atom stereocenters. The Hall–Kier alpha value is -2.14. The van der Waals surface area contributed by atoms with Crippen LogP contribution in [-0.4, -0.2) is 27.5 Å². The van der Waals surface area contributed by atoms with Crippen LogP contribution in [0, 0.1) is 5.82 Å². The molecule has 5 heteroatoms. The van der Waals surface area contributed by atoms with Crippen LogP contribution in [0.4, 0.5) is 4.39 Å². The third-order valence-corrected chi connectivity index (χ3v) is 3.98. The number of carbonyl (C=O) groups excluding carboxylic acids is 1. The third-order valence-electron chi connectivity index (χ3n) is 3.98. The molecule has 1 aliphatic rings. The molecule has 1 N–H and O–H groups in total. The van der Waals surface area contributed by atoms with E-state index in [1.807, 2.05) is 12.1 Å². The average Bonchev–Trinajstić information content (AvgIpc) is 3.28. The number of carbonyl (C=O) groups is 1. The predicted octanol–water partition coefficient (Wildman–Crippen LogP) is 2.06. The lowest BCUT2D eigenvalue weighted by Crippen LogP contribution is -2.14. The van der Waals surface area contributed by atoms with Gasteiger partial charge in [-0.2, -0.15) is 0 Å². The molecule has 2 aromatic rings. The zero-order valence-corrected chi connectivity index (χ0v) is 11.4. The van der Waals surface area contributed by atoms with Crippen LogP contribution < -0.4 is 0 Å². The number of benzene rings is 1. The van der Waals surface area contributed by atoms with E-state index >= 15 is 0 Å². The fourth-order valence-corrected chi connectivity index (χ4v) is 2.51. The van der Waals surface area contributed by atoms with Crippen molar-refractivity contribution in [2.45, 2.75) is 24.7 Å². The van der Waals surface area contributed by atoms with Gasteiger partial charge in [0.15, 0.2) is 5.78 Å². The van der Waals surface area contributed by atoms with Gasteiger partial charge in [-0.25, -0.2) is 14.4 Å². The minimum Gasteiger partial charge on any atom is -0.388 e. The molecule has 0 amide bonds. The number of hydrogen-bond acceptors (Lipinski definition) is 4. The quantitative estimate of drug-likeness (QED) is 0.855. The highest BCUT2D eigenvalue weighted by Gasteiger charge is 2.44. The second-order valence-electron chi connectivity index (χ2n) is 5.43. The van der Waals surface area contributed by atoms with Gasteiger partial charge >= 0.3 is 0 Å². The molecule has 0 saturated heterocycles. The molecular weight excluding hydrogens is 271 g/mol. The average molecular weight is 286 g/mol. The van der Waals surface area contributed by atoms with Crippen molar-refractivity contribution in [2.75, 3.05) is 6.61 Å². The summed E-state index contributed by atoms with van der Waals surface area (Å²) in [6.07, 6.45) is 5.62. The van der Waals surface area contributed by atoms with Crippen molar-refractivity contribution in [3.8, 4) is 0 Å². The summed E-state index contributed by atoms with van der Waals surface area (Å²) in [5.41, 5.74) is 1.41. The molecule has 108 valence electrons. The summed E-state index contributed by atoms with van der Waals surface area (Å²) in [7, 11) is 0. The minimum absolute atomic E-state index is 0.00377. The van der Waals surface area contributed by atoms with Crippen molar-refractivity contribution in [2.24, 2.45) is 0 Å². The molecule has 4 nitrogen and oxygen atoms in total. The topological polar surface area (TPSA) is 63.1 Å². The maximum Gasteiger partial charge on any atom is 0.191 e. The van der Waals surface area contributed by atoms with Crippen LogP contribution in [0.15, 0.2) is 36.7 Å². The molecule has 1 fully saturated rings. The van der Waals surface area contributed by atoms with Gasteiger partial charge in [0.1, 0.15) is 18.2 Å². The van der Waals surface area contributed by atoms with Crippen LogP contribution >= 0.6 is 0 Å². The van der Waals surface area contributed by atoms with Crippen LogP contribution in [0.25, 0.3) is 0 Å². The molecule has 1 saturated carbocycles. The standard InChI is InChI=1S/C16H15FN2O2/c17-13-3-1-12(2-4-13)16(5-6-16)7-15-18-8-11(9-19-15)14(21)10-20/h1-4,8-9,20H,5-7,10H2. The Morgan fingerprint density at radius 2 is 1.81 bits per heavy atom. The largest absolute Gasteiger partial charge is 0.388 e. The van der Waals surface area contributed by atoms with Gasteiger partial charge in [-0.15, -0.1) is 0 Å². The minimum atomic E-state index is -0.539. The Bertz CT molecular complexity index is 649. The summed E-state index contributed by atoms with van der Waals surface area (Å²) in [5.74, 6) is 0.0326. The van der Waals surface area contributed by atoms with E-state index in [4.69, 9.17) is 5.11 Å². The maximum atomic E-state index is 13.0. The summed E-state index contributed by atoms with van der Waals surface area (Å²) in [6.45, 7) is -0.539. The van der Waals surface area contributed by atoms with Gasteiger partial charge < -0.3 is 5.11 Å². The Labute approximate surface area is 121 Å². The van der Waals surface area contributed by atoms with Crippen LogP contribution in [-0.2, 0) is 11.8 Å². The molecule has 1 heterocycles. The lowest BCUT2D eigenvalue weighted by molar-refractivity contribution is 0.0903. The molecular formula is C16H15FN2O2. The molecule has 1 aromatic heterocycles. The molecule has 0 aliphatic heterocycles. The van der Waals surface area contributed by atoms with Crippen LogP contribution in [0.3, 0.4) is 0 Å². The monoisotopic (exact) mass is 286 g/mol. The lowest BCUT2D eigenvalue weighted by Gasteiger charge is -2.14. The van der Waals surface area contributed by atoms with Gasteiger partial charge in [-0.05, 0) is 30.5 Å². The molecule has 21 heavy (non-hydrogen) atoms. The highest BCUT2D eigenvalue weighted by molar-refractivity contribution is 5.96. The number of hydrogen-bond donors (Lipinski definition) is 1. The highest BCUT2D eigenvalue weighted by atomic mass is 19.1. The van der Waals surface area contributed by atoms with Gasteiger partial charge in [0.05, 0.1) is 5.56 Å². The Morgan fingerprint density at radius 1 is 1.19 bits per heavy atom. The lowest BCUT2D eigenvalue weighted by atomic mass is 9.92. The van der Waals surface area contributed by atoms with E-state index in [9.17, 15) is 9.18 Å². The van der Waals surface area contributed by atoms with E-state index in [0.29, 0.717) is 17.8 Å². The molecule has 1 aromatic carbocycles. The number of nitrogens with zero attached hydrogens (tertiary/aromatic N) is 2. The first-order valence-electron chi connectivity index (χ1n) is 6.84. The van der Waals surface area contributed by atoms with Crippen LogP contribution in [0.5, 0.6) is 0 Å². The number of halogens is 1. The first-order chi connectivity index (χ1) is 10.1. The van der Waals surface area contributed by atoms with Gasteiger partial charge in [0.2, 0.25) is 0 Å². The zero-order valence-electron chi connectivity index (χ0n) is 11.4.